The van der Waals surface area contributed by atoms with Crippen molar-refractivity contribution in [1.82, 2.24) is 10.2 Å². The van der Waals surface area contributed by atoms with Gasteiger partial charge in [0.05, 0.1) is 18.2 Å². The maximum atomic E-state index is 12.7. The molecule has 8 nitrogen and oxygen atoms in total. The minimum atomic E-state index is -1.16. The number of urea groups is 1. The van der Waals surface area contributed by atoms with Crippen molar-refractivity contribution in [3.8, 4) is 11.5 Å². The zero-order valence-electron chi connectivity index (χ0n) is 16.4. The number of rotatable bonds is 8. The van der Waals surface area contributed by atoms with Crippen molar-refractivity contribution in [3.05, 3.63) is 63.3 Å². The minimum Gasteiger partial charge on any atom is -0.490 e. The molecule has 0 spiro atoms. The number of amides is 3. The molecule has 3 amide bonds. The highest BCUT2D eigenvalue weighted by molar-refractivity contribution is 6.32. The molecular formula is C21H18Cl2N2O6. The Morgan fingerprint density at radius 3 is 2.52 bits per heavy atom. The van der Waals surface area contributed by atoms with Crippen molar-refractivity contribution in [1.29, 1.82) is 0 Å². The average molecular weight is 465 g/mol. The van der Waals surface area contributed by atoms with E-state index in [-0.39, 0.29) is 35.4 Å². The van der Waals surface area contributed by atoms with Gasteiger partial charge in [-0.1, -0.05) is 35.3 Å². The lowest BCUT2D eigenvalue weighted by Crippen LogP contribution is -2.30. The number of carboxylic acids is 1. The molecule has 1 aliphatic heterocycles. The number of benzene rings is 2. The summed E-state index contributed by atoms with van der Waals surface area (Å²) in [5.74, 6) is -1.36. The topological polar surface area (TPSA) is 105 Å². The predicted molar refractivity (Wildman–Crippen MR) is 114 cm³/mol. The molecule has 31 heavy (non-hydrogen) atoms. The lowest BCUT2D eigenvalue weighted by molar-refractivity contribution is -0.139. The Labute approximate surface area is 187 Å². The van der Waals surface area contributed by atoms with Gasteiger partial charge in [-0.2, -0.15) is 0 Å². The molecular weight excluding hydrogens is 447 g/mol. The molecule has 0 saturated carbocycles. The first kappa shape index (κ1) is 22.5. The van der Waals surface area contributed by atoms with Crippen molar-refractivity contribution in [2.45, 2.75) is 13.5 Å². The molecule has 0 aromatic heterocycles. The summed E-state index contributed by atoms with van der Waals surface area (Å²) in [5.41, 5.74) is 1.28. The van der Waals surface area contributed by atoms with Crippen LogP contribution in [0.4, 0.5) is 4.79 Å². The summed E-state index contributed by atoms with van der Waals surface area (Å²) in [6.45, 7) is 1.53. The predicted octanol–water partition coefficient (Wildman–Crippen LogP) is 3.95. The fourth-order valence-corrected chi connectivity index (χ4v) is 3.26. The van der Waals surface area contributed by atoms with Crippen LogP contribution in [0.1, 0.15) is 18.1 Å². The normalized spacial score (nSPS) is 14.7. The molecule has 0 bridgehead atoms. The fraction of sp³-hybridized carbons (Fsp3) is 0.190. The number of carbonyl (C=O) groups excluding carboxylic acids is 2. The van der Waals surface area contributed by atoms with Gasteiger partial charge in [0.15, 0.2) is 18.1 Å². The summed E-state index contributed by atoms with van der Waals surface area (Å²) in [4.78, 5) is 36.9. The molecule has 0 aliphatic carbocycles. The van der Waals surface area contributed by atoms with E-state index < -0.39 is 24.5 Å². The van der Waals surface area contributed by atoms with Gasteiger partial charge in [0.2, 0.25) is 0 Å². The molecule has 2 aromatic carbocycles. The van der Waals surface area contributed by atoms with E-state index in [4.69, 9.17) is 37.8 Å². The second-order valence-electron chi connectivity index (χ2n) is 6.45. The van der Waals surface area contributed by atoms with Crippen LogP contribution in [0, 0.1) is 0 Å². The van der Waals surface area contributed by atoms with E-state index in [1.807, 2.05) is 0 Å². The quantitative estimate of drug-likeness (QED) is 0.452. The first-order valence-corrected chi connectivity index (χ1v) is 9.94. The average Bonchev–Trinajstić information content (AvgIpc) is 2.96. The molecule has 1 heterocycles. The highest BCUT2D eigenvalue weighted by atomic mass is 35.5. The Balaban J connectivity index is 1.85. The summed E-state index contributed by atoms with van der Waals surface area (Å²) < 4.78 is 10.7. The Kier molecular flexibility index (Phi) is 7.04. The number of nitrogens with one attached hydrogen (secondary N) is 1. The Morgan fingerprint density at radius 1 is 1.16 bits per heavy atom. The van der Waals surface area contributed by atoms with Crippen LogP contribution in [-0.4, -0.2) is 41.1 Å². The van der Waals surface area contributed by atoms with Crippen molar-refractivity contribution in [3.63, 3.8) is 0 Å². The third-order valence-electron chi connectivity index (χ3n) is 4.20. The molecule has 1 aliphatic rings. The highest BCUT2D eigenvalue weighted by Gasteiger charge is 2.33. The zero-order chi connectivity index (χ0) is 22.5. The Bertz CT molecular complexity index is 1050. The minimum absolute atomic E-state index is 0.0664. The largest absolute Gasteiger partial charge is 0.490 e. The van der Waals surface area contributed by atoms with Gasteiger partial charge in [0.25, 0.3) is 5.91 Å². The fourth-order valence-electron chi connectivity index (χ4n) is 2.86. The van der Waals surface area contributed by atoms with Crippen LogP contribution in [-0.2, 0) is 16.1 Å². The van der Waals surface area contributed by atoms with Gasteiger partial charge in [0.1, 0.15) is 5.70 Å². The molecule has 0 radical (unpaired) electrons. The first-order chi connectivity index (χ1) is 14.8. The number of aliphatic carboxylic acids is 1. The van der Waals surface area contributed by atoms with Gasteiger partial charge in [0, 0.05) is 5.02 Å². The number of ether oxygens (including phenoxy) is 2. The lowest BCUT2D eigenvalue weighted by atomic mass is 10.1. The van der Waals surface area contributed by atoms with Crippen LogP contribution < -0.4 is 14.8 Å². The van der Waals surface area contributed by atoms with Gasteiger partial charge in [-0.15, -0.1) is 0 Å². The van der Waals surface area contributed by atoms with E-state index in [9.17, 15) is 14.4 Å². The SMILES string of the molecule is CCOc1cc(/C=C2\NC(=O)N(Cc3ccc(Cl)cc3)C2=O)cc(Cl)c1OCC(=O)O. The third-order valence-corrected chi connectivity index (χ3v) is 4.73. The number of carbonyl (C=O) groups is 3. The van der Waals surface area contributed by atoms with Gasteiger partial charge in [-0.25, -0.2) is 9.59 Å². The smallest absolute Gasteiger partial charge is 0.341 e. The van der Waals surface area contributed by atoms with Gasteiger partial charge in [-0.05, 0) is 48.4 Å². The second kappa shape index (κ2) is 9.72. The Morgan fingerprint density at radius 2 is 1.87 bits per heavy atom. The van der Waals surface area contributed by atoms with Gasteiger partial charge < -0.3 is 19.9 Å². The maximum Gasteiger partial charge on any atom is 0.341 e. The summed E-state index contributed by atoms with van der Waals surface area (Å²) in [5, 5.41) is 12.0. The van der Waals surface area contributed by atoms with E-state index in [0.29, 0.717) is 10.6 Å². The van der Waals surface area contributed by atoms with Crippen molar-refractivity contribution < 1.29 is 29.0 Å². The van der Waals surface area contributed by atoms with Crippen LogP contribution in [0.5, 0.6) is 11.5 Å². The van der Waals surface area contributed by atoms with E-state index >= 15 is 0 Å². The summed E-state index contributed by atoms with van der Waals surface area (Å²) in [7, 11) is 0. The van der Waals surface area contributed by atoms with Gasteiger partial charge >= 0.3 is 12.0 Å². The molecule has 1 saturated heterocycles. The molecule has 0 atom stereocenters. The van der Waals surface area contributed by atoms with Crippen LogP contribution in [0.15, 0.2) is 42.1 Å². The van der Waals surface area contributed by atoms with Crippen LogP contribution in [0.25, 0.3) is 6.08 Å². The first-order valence-electron chi connectivity index (χ1n) is 9.18. The molecule has 3 rings (SSSR count). The summed E-state index contributed by atoms with van der Waals surface area (Å²) in [6, 6.07) is 9.29. The lowest BCUT2D eigenvalue weighted by Gasteiger charge is -2.13. The number of carboxylic acid groups (broad SMARTS) is 1. The van der Waals surface area contributed by atoms with E-state index in [1.165, 1.54) is 12.1 Å². The van der Waals surface area contributed by atoms with Crippen LogP contribution in [0.3, 0.4) is 0 Å². The number of halogens is 2. The van der Waals surface area contributed by atoms with Crippen molar-refractivity contribution in [2.75, 3.05) is 13.2 Å². The van der Waals surface area contributed by atoms with E-state index in [0.717, 1.165) is 10.5 Å². The molecule has 0 unspecified atom stereocenters. The molecule has 162 valence electrons. The molecule has 10 heteroatoms. The van der Waals surface area contributed by atoms with Crippen molar-refractivity contribution in [2.24, 2.45) is 0 Å². The standard InChI is InChI=1S/C21H18Cl2N2O6/c1-2-30-17-9-13(7-15(23)19(17)31-11-18(26)27)8-16-20(28)25(21(29)24-16)10-12-3-5-14(22)6-4-12/h3-9H,2,10-11H2,1H3,(H,24,29)(H,26,27)/b16-8-. The molecule has 1 fully saturated rings. The van der Waals surface area contributed by atoms with Crippen LogP contribution in [0.2, 0.25) is 10.0 Å². The number of hydrogen-bond donors (Lipinski definition) is 2. The third kappa shape index (κ3) is 5.48. The number of nitrogens with zero attached hydrogens (tertiary/aromatic N) is 1. The van der Waals surface area contributed by atoms with Crippen molar-refractivity contribution >= 4 is 47.2 Å². The summed E-state index contributed by atoms with van der Waals surface area (Å²) in [6.07, 6.45) is 1.46. The molecule has 2 N–H and O–H groups in total. The van der Waals surface area contributed by atoms with Crippen LogP contribution >= 0.6 is 23.2 Å². The Hall–Kier alpha value is -3.23. The molecule has 2 aromatic rings. The number of imide groups is 1. The number of hydrogen-bond acceptors (Lipinski definition) is 5. The van der Waals surface area contributed by atoms with E-state index in [2.05, 4.69) is 5.32 Å². The second-order valence-corrected chi connectivity index (χ2v) is 7.29. The van der Waals surface area contributed by atoms with E-state index in [1.54, 1.807) is 37.3 Å². The van der Waals surface area contributed by atoms with Gasteiger partial charge in [-0.3, -0.25) is 9.69 Å². The highest BCUT2D eigenvalue weighted by Crippen LogP contribution is 2.37. The zero-order valence-corrected chi connectivity index (χ0v) is 17.9. The maximum absolute atomic E-state index is 12.7. The summed E-state index contributed by atoms with van der Waals surface area (Å²) >= 11 is 12.1. The monoisotopic (exact) mass is 464 g/mol.